The number of carboxylic acid groups (broad SMARTS) is 1. The van der Waals surface area contributed by atoms with Crippen LogP contribution in [0.4, 0.5) is 23.5 Å². The lowest BCUT2D eigenvalue weighted by Gasteiger charge is -2.16. The molecule has 20 heteroatoms. The van der Waals surface area contributed by atoms with Gasteiger partial charge in [-0.2, -0.15) is 0 Å². The van der Waals surface area contributed by atoms with Crippen LogP contribution in [0.1, 0.15) is 64.8 Å². The van der Waals surface area contributed by atoms with Crippen LogP contribution in [0.15, 0.2) is 111 Å². The molecule has 2 fully saturated rings. The lowest BCUT2D eigenvalue weighted by Crippen LogP contribution is -2.25. The monoisotopic (exact) mass is 902 g/mol. The van der Waals surface area contributed by atoms with Crippen molar-refractivity contribution in [2.24, 2.45) is 0 Å². The minimum absolute atomic E-state index is 0.00824. The highest BCUT2D eigenvalue weighted by Gasteiger charge is 2.27. The van der Waals surface area contributed by atoms with Crippen LogP contribution in [0, 0.1) is 0 Å². The molecule has 330 valence electrons. The molecule has 0 bridgehead atoms. The van der Waals surface area contributed by atoms with E-state index in [0.29, 0.717) is 52.6 Å². The van der Waals surface area contributed by atoms with Crippen molar-refractivity contribution in [3.8, 4) is 11.4 Å². The van der Waals surface area contributed by atoms with E-state index in [1.807, 2.05) is 30.8 Å². The van der Waals surface area contributed by atoms with Gasteiger partial charge in [0.15, 0.2) is 0 Å². The summed E-state index contributed by atoms with van der Waals surface area (Å²) in [5.41, 5.74) is 1.13. The molecule has 8 rings (SSSR count). The molecule has 0 spiro atoms. The number of anilines is 4. The predicted molar refractivity (Wildman–Crippen MR) is 246 cm³/mol. The number of methoxy groups -OCH3 is 1. The van der Waals surface area contributed by atoms with Gasteiger partial charge in [-0.05, 0) is 87.6 Å². The average Bonchev–Trinajstić information content (AvgIpc) is 3.96. The molecule has 2 aliphatic carbocycles. The van der Waals surface area contributed by atoms with Crippen LogP contribution in [0.2, 0.25) is 0 Å². The van der Waals surface area contributed by atoms with E-state index in [-0.39, 0.29) is 46.4 Å². The van der Waals surface area contributed by atoms with Crippen LogP contribution in [0.3, 0.4) is 0 Å². The van der Waals surface area contributed by atoms with Crippen molar-refractivity contribution in [3.63, 3.8) is 0 Å². The SMILES string of the molecule is COC(=O)c1cc(CCSc2cnc(N[C@H]3CC[C@H](Nc4ccc(-n5cc(C(=O)O)ccc5=O)cn4)C3)nc2)c(=O)n(-c2ccc(N[C@H]3CC[C@H](Nc4ncc(SC)cn4)C3)nc2)c1. The zero-order chi connectivity index (χ0) is 44.6. The third-order valence-electron chi connectivity index (χ3n) is 11.1. The molecule has 0 radical (unpaired) electrons. The smallest absolute Gasteiger partial charge is 0.339 e. The Morgan fingerprint density at radius 1 is 0.688 bits per heavy atom. The molecular weight excluding hydrogens is 857 g/mol. The Bertz CT molecular complexity index is 2700. The minimum atomic E-state index is -1.12. The number of carbonyl (C=O) groups excluding carboxylic acids is 1. The first-order valence-electron chi connectivity index (χ1n) is 20.7. The van der Waals surface area contributed by atoms with Gasteiger partial charge in [-0.3, -0.25) is 18.7 Å². The number of nitrogens with zero attached hydrogens (tertiary/aromatic N) is 8. The first kappa shape index (κ1) is 43.8. The quantitative estimate of drug-likeness (QED) is 0.0538. The summed E-state index contributed by atoms with van der Waals surface area (Å²) in [5.74, 6) is 1.36. The molecule has 6 aromatic heterocycles. The van der Waals surface area contributed by atoms with Crippen molar-refractivity contribution in [2.75, 3.05) is 40.4 Å². The summed E-state index contributed by atoms with van der Waals surface area (Å²) in [4.78, 5) is 78.9. The first-order valence-corrected chi connectivity index (χ1v) is 22.9. The van der Waals surface area contributed by atoms with Gasteiger partial charge in [0.2, 0.25) is 11.9 Å². The Hall–Kier alpha value is -6.80. The van der Waals surface area contributed by atoms with E-state index >= 15 is 0 Å². The second-order valence-electron chi connectivity index (χ2n) is 15.4. The van der Waals surface area contributed by atoms with E-state index in [0.717, 1.165) is 48.3 Å². The normalized spacial score (nSPS) is 18.0. The number of carbonyl (C=O) groups is 2. The van der Waals surface area contributed by atoms with Gasteiger partial charge in [-0.15, -0.1) is 23.5 Å². The van der Waals surface area contributed by atoms with Crippen LogP contribution >= 0.6 is 23.5 Å². The minimum Gasteiger partial charge on any atom is -0.478 e. The standard InChI is InChI=1S/C44H46N12O6S2/c1-62-42(61)28-15-26(40(58)56(25-28)34-9-11-38(46-19-34)52-30-4-6-31(16-30)53-43-47-20-35(63-2)21-48-43)13-14-64-36-22-49-44(50-23-36)54-32-7-5-29(17-32)51-37-10-8-33(18-45-37)55-24-27(41(59)60)3-12-39(55)57/h3,8-12,15,18-25,29-32H,4-7,13-14,16-17H2,1-2H3,(H,45,51)(H,46,52)(H,59,60)(H,47,48,53)(H,49,50,54)/t29-,30-,31-,32-/m0/s1. The van der Waals surface area contributed by atoms with Crippen LogP contribution < -0.4 is 32.4 Å². The number of esters is 1. The highest BCUT2D eigenvalue weighted by molar-refractivity contribution is 7.99. The van der Waals surface area contributed by atoms with Crippen LogP contribution in [-0.2, 0) is 11.2 Å². The maximum Gasteiger partial charge on any atom is 0.339 e. The summed E-state index contributed by atoms with van der Waals surface area (Å²) in [5, 5.41) is 23.1. The second kappa shape index (κ2) is 20.1. The zero-order valence-electron chi connectivity index (χ0n) is 35.0. The van der Waals surface area contributed by atoms with E-state index in [1.54, 1.807) is 48.6 Å². The van der Waals surface area contributed by atoms with Gasteiger partial charge in [0.25, 0.3) is 11.1 Å². The molecule has 6 aromatic rings. The molecule has 0 unspecified atom stereocenters. The van der Waals surface area contributed by atoms with Gasteiger partial charge in [0, 0.05) is 88.5 Å². The van der Waals surface area contributed by atoms with E-state index in [4.69, 9.17) is 4.74 Å². The van der Waals surface area contributed by atoms with Crippen molar-refractivity contribution in [3.05, 3.63) is 129 Å². The van der Waals surface area contributed by atoms with E-state index in [1.165, 1.54) is 58.7 Å². The highest BCUT2D eigenvalue weighted by atomic mass is 32.2. The fourth-order valence-corrected chi connectivity index (χ4v) is 8.92. The summed E-state index contributed by atoms with van der Waals surface area (Å²) < 4.78 is 7.71. The maximum absolute atomic E-state index is 13.8. The number of thioether (sulfide) groups is 2. The number of ether oxygens (including phenoxy) is 1. The Balaban J connectivity index is 0.818. The van der Waals surface area contributed by atoms with Gasteiger partial charge in [-0.1, -0.05) is 0 Å². The highest BCUT2D eigenvalue weighted by Crippen LogP contribution is 2.27. The Kier molecular flexibility index (Phi) is 13.8. The molecule has 5 N–H and O–H groups in total. The molecule has 2 saturated carbocycles. The molecule has 6 heterocycles. The molecule has 18 nitrogen and oxygen atoms in total. The van der Waals surface area contributed by atoms with Crippen molar-refractivity contribution in [1.29, 1.82) is 0 Å². The van der Waals surface area contributed by atoms with Gasteiger partial charge in [0.05, 0.1) is 42.0 Å². The maximum atomic E-state index is 13.8. The third-order valence-corrected chi connectivity index (χ3v) is 12.7. The number of hydrogen-bond acceptors (Lipinski definition) is 17. The topological polar surface area (TPSA) is 233 Å². The van der Waals surface area contributed by atoms with Crippen LogP contribution in [-0.4, -0.2) is 99.4 Å². The van der Waals surface area contributed by atoms with Crippen molar-refractivity contribution < 1.29 is 19.4 Å². The molecule has 64 heavy (non-hydrogen) atoms. The fraction of sp³-hybridized carbons (Fsp3) is 0.318. The van der Waals surface area contributed by atoms with E-state index < -0.39 is 11.9 Å². The molecule has 2 aliphatic rings. The summed E-state index contributed by atoms with van der Waals surface area (Å²) in [6, 6.07) is 12.0. The largest absolute Gasteiger partial charge is 0.478 e. The summed E-state index contributed by atoms with van der Waals surface area (Å²) in [6.45, 7) is 0. The second-order valence-corrected chi connectivity index (χ2v) is 17.5. The van der Waals surface area contributed by atoms with E-state index in [9.17, 15) is 24.3 Å². The first-order chi connectivity index (χ1) is 31.1. The van der Waals surface area contributed by atoms with Gasteiger partial charge in [-0.25, -0.2) is 39.5 Å². The summed E-state index contributed by atoms with van der Waals surface area (Å²) in [6.07, 6.45) is 20.9. The lowest BCUT2D eigenvalue weighted by molar-refractivity contribution is 0.0598. The number of carboxylic acids is 1. The predicted octanol–water partition coefficient (Wildman–Crippen LogP) is 5.79. The molecular formula is C44H46N12O6S2. The zero-order valence-corrected chi connectivity index (χ0v) is 36.6. The Morgan fingerprint density at radius 2 is 1.22 bits per heavy atom. The Morgan fingerprint density at radius 3 is 1.73 bits per heavy atom. The molecule has 4 atom stereocenters. The lowest BCUT2D eigenvalue weighted by atomic mass is 10.1. The van der Waals surface area contributed by atoms with Crippen LogP contribution in [0.25, 0.3) is 11.4 Å². The molecule has 0 amide bonds. The number of nitrogens with one attached hydrogen (secondary N) is 4. The fourth-order valence-electron chi connectivity index (χ4n) is 7.79. The third kappa shape index (κ3) is 10.9. The molecule has 0 aromatic carbocycles. The molecule has 0 saturated heterocycles. The van der Waals surface area contributed by atoms with Gasteiger partial charge >= 0.3 is 11.9 Å². The Labute approximate surface area is 376 Å². The van der Waals surface area contributed by atoms with E-state index in [2.05, 4.69) is 51.2 Å². The van der Waals surface area contributed by atoms with Crippen molar-refractivity contribution in [1.82, 2.24) is 39.0 Å². The van der Waals surface area contributed by atoms with Gasteiger partial charge < -0.3 is 31.1 Å². The average molecular weight is 903 g/mol. The number of aromatic carboxylic acids is 1. The summed E-state index contributed by atoms with van der Waals surface area (Å²) >= 11 is 3.11. The number of pyridine rings is 4. The number of rotatable bonds is 17. The summed E-state index contributed by atoms with van der Waals surface area (Å²) in [7, 11) is 1.31. The van der Waals surface area contributed by atoms with Crippen molar-refractivity contribution in [2.45, 2.75) is 78.9 Å². The number of aromatic nitrogens is 8. The van der Waals surface area contributed by atoms with Crippen molar-refractivity contribution >= 4 is 59.0 Å². The van der Waals surface area contributed by atoms with Gasteiger partial charge in [0.1, 0.15) is 11.6 Å². The molecule has 0 aliphatic heterocycles. The number of aryl methyl sites for hydroxylation is 1. The van der Waals surface area contributed by atoms with Crippen LogP contribution in [0.5, 0.6) is 0 Å². The number of hydrogen-bond donors (Lipinski definition) is 5.